The molecule has 0 fully saturated rings. The Balaban J connectivity index is 2.56. The van der Waals surface area contributed by atoms with Gasteiger partial charge in [0.25, 0.3) is 0 Å². The van der Waals surface area contributed by atoms with Crippen molar-refractivity contribution in [1.82, 2.24) is 4.31 Å². The fraction of sp³-hybridized carbons (Fsp3) is 0.500. The average molecular weight is 198 g/mol. The van der Waals surface area contributed by atoms with Crippen LogP contribution in [0.15, 0.2) is 10.4 Å². The molecule has 0 N–H and O–H groups in total. The van der Waals surface area contributed by atoms with E-state index in [0.29, 0.717) is 0 Å². The molecular formula is C4H5ClCuNS. The van der Waals surface area contributed by atoms with Crippen LogP contribution in [0.25, 0.3) is 0 Å². The van der Waals surface area contributed by atoms with E-state index in [1.165, 1.54) is 11.9 Å². The molecule has 8 heavy (non-hydrogen) atoms. The van der Waals surface area contributed by atoms with E-state index in [2.05, 4.69) is 0 Å². The Bertz CT molecular complexity index is 127. The summed E-state index contributed by atoms with van der Waals surface area (Å²) in [4.78, 5) is 0.0556. The van der Waals surface area contributed by atoms with Crippen LogP contribution in [0.3, 0.4) is 0 Å². The summed E-state index contributed by atoms with van der Waals surface area (Å²) in [5.41, 5.74) is 0. The Morgan fingerprint density at radius 2 is 2.62 bits per heavy atom. The molecule has 0 amide bonds. The third-order valence-electron chi connectivity index (χ3n) is 0.807. The second-order valence-corrected chi connectivity index (χ2v) is 3.82. The molecule has 0 aromatic rings. The van der Waals surface area contributed by atoms with Gasteiger partial charge in [0.1, 0.15) is 0 Å². The Kier molecular flexibility index (Phi) is 2.29. The van der Waals surface area contributed by atoms with Gasteiger partial charge in [-0.3, -0.25) is 0 Å². The van der Waals surface area contributed by atoms with E-state index in [1.54, 1.807) is 0 Å². The molecule has 0 aliphatic carbocycles. The molecule has 0 aromatic carbocycles. The normalized spacial score (nSPS) is 31.0. The molecule has 1 unspecified atom stereocenters. The summed E-state index contributed by atoms with van der Waals surface area (Å²) in [7, 11) is 1.92. The molecule has 1 heterocycles. The quantitative estimate of drug-likeness (QED) is 0.429. The van der Waals surface area contributed by atoms with Crippen LogP contribution in [0.5, 0.6) is 0 Å². The summed E-state index contributed by atoms with van der Waals surface area (Å²) in [6.45, 7) is 0. The molecule has 0 saturated carbocycles. The van der Waals surface area contributed by atoms with Crippen LogP contribution in [-0.2, 0) is 16.0 Å². The molecule has 1 aliphatic heterocycles. The predicted molar refractivity (Wildman–Crippen MR) is 33.1 cm³/mol. The van der Waals surface area contributed by atoms with Crippen molar-refractivity contribution < 1.29 is 16.0 Å². The summed E-state index contributed by atoms with van der Waals surface area (Å²) in [6, 6.07) is 0. The van der Waals surface area contributed by atoms with E-state index in [0.717, 1.165) is 4.36 Å². The first kappa shape index (κ1) is 6.97. The van der Waals surface area contributed by atoms with E-state index in [4.69, 9.17) is 27.6 Å². The van der Waals surface area contributed by atoms with Crippen molar-refractivity contribution in [2.24, 2.45) is 0 Å². The first-order valence-corrected chi connectivity index (χ1v) is 3.77. The van der Waals surface area contributed by atoms with Gasteiger partial charge in [-0.15, -0.1) is 0 Å². The molecule has 0 spiro atoms. The van der Waals surface area contributed by atoms with Crippen molar-refractivity contribution in [3.05, 3.63) is 10.4 Å². The maximum atomic E-state index is 5.61. The van der Waals surface area contributed by atoms with E-state index in [9.17, 15) is 0 Å². The Morgan fingerprint density at radius 1 is 2.00 bits per heavy atom. The molecule has 1 nitrogen and oxygen atoms in total. The third kappa shape index (κ3) is 1.42. The van der Waals surface area contributed by atoms with Crippen LogP contribution < -0.4 is 0 Å². The minimum absolute atomic E-state index is 0.0556. The molecule has 0 bridgehead atoms. The van der Waals surface area contributed by atoms with E-state index < -0.39 is 0 Å². The first-order valence-electron chi connectivity index (χ1n) is 2.08. The third-order valence-corrected chi connectivity index (χ3v) is 2.62. The summed E-state index contributed by atoms with van der Waals surface area (Å²) < 4.78 is 2.70. The van der Waals surface area contributed by atoms with Gasteiger partial charge in [0.15, 0.2) is 0 Å². The van der Waals surface area contributed by atoms with Gasteiger partial charge in [-0.25, -0.2) is 0 Å². The molecule has 0 aromatic heterocycles. The molecule has 1 aliphatic rings. The molecular weight excluding hydrogens is 193 g/mol. The zero-order valence-corrected chi connectivity index (χ0v) is 6.70. The predicted octanol–water partition coefficient (Wildman–Crippen LogP) is 1.53. The summed E-state index contributed by atoms with van der Waals surface area (Å²) in [6.07, 6.45) is 1.84. The number of hydrogen-bond acceptors (Lipinski definition) is 2. The fourth-order valence-corrected chi connectivity index (χ4v) is 1.95. The van der Waals surface area contributed by atoms with Gasteiger partial charge in [0.05, 0.1) is 0 Å². The number of nitrogens with zero attached hydrogens (tertiary/aromatic N) is 1. The van der Waals surface area contributed by atoms with Crippen molar-refractivity contribution in [3.8, 4) is 0 Å². The number of hydrogen-bond donors (Lipinski definition) is 0. The monoisotopic (exact) mass is 197 g/mol. The number of rotatable bonds is 0. The topological polar surface area (TPSA) is 3.24 Å². The molecule has 4 heteroatoms. The van der Waals surface area contributed by atoms with E-state index in [-0.39, 0.29) is 4.94 Å². The van der Waals surface area contributed by atoms with Gasteiger partial charge in [-0.2, -0.15) is 0 Å². The van der Waals surface area contributed by atoms with Crippen molar-refractivity contribution in [1.29, 1.82) is 0 Å². The van der Waals surface area contributed by atoms with Crippen LogP contribution in [0.1, 0.15) is 0 Å². The molecule has 1 rings (SSSR count). The first-order chi connectivity index (χ1) is 3.70. The van der Waals surface area contributed by atoms with Crippen molar-refractivity contribution in [3.63, 3.8) is 0 Å². The van der Waals surface area contributed by atoms with Gasteiger partial charge in [0, 0.05) is 0 Å². The molecule has 1 atom stereocenters. The maximum absolute atomic E-state index is 5.61. The Morgan fingerprint density at radius 3 is 2.75 bits per heavy atom. The van der Waals surface area contributed by atoms with Gasteiger partial charge in [-0.1, -0.05) is 0 Å². The van der Waals surface area contributed by atoms with Crippen molar-refractivity contribution in [2.45, 2.75) is 4.94 Å². The number of likely N-dealkylation sites (N-methyl/N-ethyl adjacent to an activating group) is 1. The van der Waals surface area contributed by atoms with Crippen LogP contribution in [-0.4, -0.2) is 16.3 Å². The van der Waals surface area contributed by atoms with Gasteiger partial charge in [-0.05, 0) is 0 Å². The van der Waals surface area contributed by atoms with Crippen LogP contribution >= 0.6 is 23.5 Å². The van der Waals surface area contributed by atoms with Crippen molar-refractivity contribution >= 4 is 23.5 Å². The summed E-state index contributed by atoms with van der Waals surface area (Å²) in [5.74, 6) is 0. The second-order valence-electron chi connectivity index (χ2n) is 1.44. The van der Waals surface area contributed by atoms with Crippen molar-refractivity contribution in [2.75, 3.05) is 7.05 Å². The fourth-order valence-electron chi connectivity index (χ4n) is 0.417. The standard InChI is InChI=1S/C4H5ClNS.Cu/c1-6-3-2-4(5)7-6;/h2-3H,1H3;. The summed E-state index contributed by atoms with van der Waals surface area (Å²) in [5, 5.41) is 0. The zero-order chi connectivity index (χ0) is 6.15. The number of halogens is 1. The average Bonchev–Trinajstić information content (AvgIpc) is 1.85. The van der Waals surface area contributed by atoms with Gasteiger partial charge < -0.3 is 0 Å². The van der Waals surface area contributed by atoms with Gasteiger partial charge in [0.2, 0.25) is 0 Å². The Labute approximate surface area is 66.4 Å². The van der Waals surface area contributed by atoms with Crippen LogP contribution in [0, 0.1) is 0 Å². The molecule has 0 radical (unpaired) electrons. The van der Waals surface area contributed by atoms with Crippen LogP contribution in [0.2, 0.25) is 0 Å². The minimum atomic E-state index is 0.0556. The van der Waals surface area contributed by atoms with E-state index >= 15 is 0 Å². The second kappa shape index (κ2) is 2.63. The summed E-state index contributed by atoms with van der Waals surface area (Å²) >= 11 is 12.2. The Hall–Kier alpha value is 0.859. The van der Waals surface area contributed by atoms with Gasteiger partial charge >= 0.3 is 66.3 Å². The zero-order valence-electron chi connectivity index (χ0n) is 4.19. The molecule has 0 saturated heterocycles. The van der Waals surface area contributed by atoms with Crippen LogP contribution in [0.4, 0.5) is 0 Å². The van der Waals surface area contributed by atoms with E-state index in [1.807, 2.05) is 17.4 Å². The molecule has 50 valence electrons. The SMILES string of the molecule is CN1SC(Cl)=C[CH]1[Cu].